The van der Waals surface area contributed by atoms with E-state index < -0.39 is 0 Å². The van der Waals surface area contributed by atoms with Crippen LogP contribution in [0, 0.1) is 0 Å². The number of halogens is 1. The lowest BCUT2D eigenvalue weighted by atomic mass is 10.3. The molecule has 0 radical (unpaired) electrons. The van der Waals surface area contributed by atoms with Crippen LogP contribution in [0.4, 0.5) is 0 Å². The number of nitrogens with zero attached hydrogens (tertiary/aromatic N) is 1. The molecule has 1 aromatic rings. The highest BCUT2D eigenvalue weighted by molar-refractivity contribution is 14.0. The summed E-state index contributed by atoms with van der Waals surface area (Å²) in [5.41, 5.74) is 0. The Labute approximate surface area is 161 Å². The first-order chi connectivity index (χ1) is 10.7. The summed E-state index contributed by atoms with van der Waals surface area (Å²) in [5, 5.41) is 6.56. The third-order valence-corrected chi connectivity index (χ3v) is 3.69. The van der Waals surface area contributed by atoms with E-state index in [9.17, 15) is 0 Å². The molecular formula is C16H28IN3O2S. The molecule has 0 aliphatic heterocycles. The smallest absolute Gasteiger partial charge is 0.191 e. The Kier molecular flexibility index (Phi) is 13.1. The van der Waals surface area contributed by atoms with Gasteiger partial charge in [-0.2, -0.15) is 11.8 Å². The molecule has 132 valence electrons. The van der Waals surface area contributed by atoms with E-state index >= 15 is 0 Å². The first kappa shape index (κ1) is 22.2. The van der Waals surface area contributed by atoms with Gasteiger partial charge in [-0.05, 0) is 37.5 Å². The molecule has 0 aliphatic carbocycles. The quantitative estimate of drug-likeness (QED) is 0.261. The number of hydrogen-bond donors (Lipinski definition) is 2. The molecule has 0 amide bonds. The predicted molar refractivity (Wildman–Crippen MR) is 111 cm³/mol. The summed E-state index contributed by atoms with van der Waals surface area (Å²) >= 11 is 1.85. The Bertz CT molecular complexity index is 461. The van der Waals surface area contributed by atoms with Crippen LogP contribution in [0.3, 0.4) is 0 Å². The molecule has 1 unspecified atom stereocenters. The predicted octanol–water partition coefficient (Wildman–Crippen LogP) is 3.00. The fourth-order valence-electron chi connectivity index (χ4n) is 1.86. The number of methoxy groups -OCH3 is 1. The average molecular weight is 453 g/mol. The van der Waals surface area contributed by atoms with Gasteiger partial charge in [-0.15, -0.1) is 24.0 Å². The number of benzene rings is 1. The average Bonchev–Trinajstić information content (AvgIpc) is 2.54. The number of rotatable bonds is 9. The van der Waals surface area contributed by atoms with Crippen LogP contribution in [-0.2, 0) is 0 Å². The Morgan fingerprint density at radius 3 is 2.57 bits per heavy atom. The highest BCUT2D eigenvalue weighted by Gasteiger charge is 2.09. The molecule has 0 heterocycles. The van der Waals surface area contributed by atoms with Crippen molar-refractivity contribution in [2.45, 2.75) is 19.4 Å². The van der Waals surface area contributed by atoms with Crippen molar-refractivity contribution in [2.24, 2.45) is 4.99 Å². The van der Waals surface area contributed by atoms with Gasteiger partial charge in [-0.25, -0.2) is 0 Å². The molecule has 7 heteroatoms. The third-order valence-electron chi connectivity index (χ3n) is 3.00. The minimum atomic E-state index is 0. The zero-order chi connectivity index (χ0) is 16.2. The van der Waals surface area contributed by atoms with Gasteiger partial charge in [-0.1, -0.05) is 12.1 Å². The molecule has 0 aromatic heterocycles. The maximum atomic E-state index is 5.90. The van der Waals surface area contributed by atoms with Gasteiger partial charge in [0.1, 0.15) is 6.10 Å². The van der Waals surface area contributed by atoms with Crippen molar-refractivity contribution in [1.29, 1.82) is 0 Å². The monoisotopic (exact) mass is 453 g/mol. The van der Waals surface area contributed by atoms with Crippen molar-refractivity contribution in [3.8, 4) is 11.5 Å². The lowest BCUT2D eigenvalue weighted by molar-refractivity contribution is 0.213. The molecule has 0 saturated heterocycles. The van der Waals surface area contributed by atoms with Gasteiger partial charge in [0.05, 0.1) is 13.7 Å². The van der Waals surface area contributed by atoms with E-state index in [1.807, 2.05) is 43.0 Å². The lowest BCUT2D eigenvalue weighted by Crippen LogP contribution is -2.42. The summed E-state index contributed by atoms with van der Waals surface area (Å²) in [5.74, 6) is 3.45. The van der Waals surface area contributed by atoms with Gasteiger partial charge >= 0.3 is 0 Å². The molecule has 1 rings (SSSR count). The largest absolute Gasteiger partial charge is 0.493 e. The van der Waals surface area contributed by atoms with Crippen molar-refractivity contribution >= 4 is 41.7 Å². The zero-order valence-corrected chi connectivity index (χ0v) is 17.4. The van der Waals surface area contributed by atoms with Crippen LogP contribution in [0.5, 0.6) is 11.5 Å². The van der Waals surface area contributed by atoms with Crippen molar-refractivity contribution in [1.82, 2.24) is 10.6 Å². The molecule has 1 aromatic carbocycles. The molecule has 0 bridgehead atoms. The normalized spacial score (nSPS) is 12.1. The van der Waals surface area contributed by atoms with E-state index in [1.54, 1.807) is 14.2 Å². The van der Waals surface area contributed by atoms with Gasteiger partial charge < -0.3 is 20.1 Å². The minimum absolute atomic E-state index is 0. The highest BCUT2D eigenvalue weighted by atomic mass is 127. The molecule has 0 aliphatic rings. The van der Waals surface area contributed by atoms with E-state index in [2.05, 4.69) is 21.9 Å². The Balaban J connectivity index is 0.00000484. The van der Waals surface area contributed by atoms with Crippen LogP contribution in [0.15, 0.2) is 29.3 Å². The topological polar surface area (TPSA) is 54.9 Å². The Morgan fingerprint density at radius 2 is 1.96 bits per heavy atom. The van der Waals surface area contributed by atoms with Crippen molar-refractivity contribution in [3.05, 3.63) is 24.3 Å². The second-order valence-electron chi connectivity index (χ2n) is 4.81. The third kappa shape index (κ3) is 9.14. The SMILES string of the molecule is CN=C(NCCCSC)NCC(C)Oc1ccccc1OC.I. The van der Waals surface area contributed by atoms with Gasteiger partial charge in [0, 0.05) is 13.6 Å². The lowest BCUT2D eigenvalue weighted by Gasteiger charge is -2.19. The molecule has 1 atom stereocenters. The second kappa shape index (κ2) is 13.6. The first-order valence-electron chi connectivity index (χ1n) is 7.44. The van der Waals surface area contributed by atoms with Crippen LogP contribution in [0.2, 0.25) is 0 Å². The summed E-state index contributed by atoms with van der Waals surface area (Å²) in [7, 11) is 3.42. The molecule has 0 saturated carbocycles. The number of guanidine groups is 1. The summed E-state index contributed by atoms with van der Waals surface area (Å²) in [6.45, 7) is 3.60. The number of aliphatic imine (C=N–C) groups is 1. The van der Waals surface area contributed by atoms with Crippen molar-refractivity contribution in [3.63, 3.8) is 0 Å². The summed E-state index contributed by atoms with van der Waals surface area (Å²) in [6, 6.07) is 7.66. The minimum Gasteiger partial charge on any atom is -0.493 e. The van der Waals surface area contributed by atoms with Crippen molar-refractivity contribution < 1.29 is 9.47 Å². The fraction of sp³-hybridized carbons (Fsp3) is 0.562. The zero-order valence-electron chi connectivity index (χ0n) is 14.3. The molecule has 23 heavy (non-hydrogen) atoms. The summed E-state index contributed by atoms with van der Waals surface area (Å²) < 4.78 is 11.2. The Morgan fingerprint density at radius 1 is 1.26 bits per heavy atom. The van der Waals surface area contributed by atoms with Gasteiger partial charge in [0.2, 0.25) is 0 Å². The number of para-hydroxylation sites is 2. The van der Waals surface area contributed by atoms with Crippen molar-refractivity contribution in [2.75, 3.05) is 39.3 Å². The van der Waals surface area contributed by atoms with Gasteiger partial charge in [0.25, 0.3) is 0 Å². The van der Waals surface area contributed by atoms with Crippen LogP contribution in [-0.4, -0.2) is 51.3 Å². The standard InChI is InChI=1S/C16H27N3O2S.HI/c1-13(21-15-9-6-5-8-14(15)20-3)12-19-16(17-2)18-10-7-11-22-4;/h5-6,8-9,13H,7,10-12H2,1-4H3,(H2,17,18,19);1H. The van der Waals surface area contributed by atoms with E-state index in [0.29, 0.717) is 6.54 Å². The number of nitrogens with one attached hydrogen (secondary N) is 2. The van der Waals surface area contributed by atoms with Gasteiger partial charge in [-0.3, -0.25) is 4.99 Å². The Hall–Kier alpha value is -0.830. The molecule has 0 fully saturated rings. The van der Waals surface area contributed by atoms with E-state index in [1.165, 1.54) is 0 Å². The molecular weight excluding hydrogens is 425 g/mol. The molecule has 5 nitrogen and oxygen atoms in total. The number of ether oxygens (including phenoxy) is 2. The maximum Gasteiger partial charge on any atom is 0.191 e. The summed E-state index contributed by atoms with van der Waals surface area (Å²) in [4.78, 5) is 4.21. The first-order valence-corrected chi connectivity index (χ1v) is 8.83. The van der Waals surface area contributed by atoms with Crippen LogP contribution in [0.25, 0.3) is 0 Å². The highest BCUT2D eigenvalue weighted by Crippen LogP contribution is 2.26. The molecule has 0 spiro atoms. The molecule has 2 N–H and O–H groups in total. The van der Waals surface area contributed by atoms with E-state index in [-0.39, 0.29) is 30.1 Å². The number of thioether (sulfide) groups is 1. The fourth-order valence-corrected chi connectivity index (χ4v) is 2.29. The maximum absolute atomic E-state index is 5.90. The van der Waals surface area contributed by atoms with Crippen LogP contribution in [0.1, 0.15) is 13.3 Å². The second-order valence-corrected chi connectivity index (χ2v) is 5.79. The van der Waals surface area contributed by atoms with E-state index in [4.69, 9.17) is 9.47 Å². The van der Waals surface area contributed by atoms with E-state index in [0.717, 1.165) is 36.2 Å². The van der Waals surface area contributed by atoms with Crippen LogP contribution >= 0.6 is 35.7 Å². The number of hydrogen-bond acceptors (Lipinski definition) is 4. The van der Waals surface area contributed by atoms with Gasteiger partial charge in [0.15, 0.2) is 17.5 Å². The summed E-state index contributed by atoms with van der Waals surface area (Å²) in [6.07, 6.45) is 3.24. The van der Waals surface area contributed by atoms with Crippen LogP contribution < -0.4 is 20.1 Å².